The van der Waals surface area contributed by atoms with Crippen molar-refractivity contribution in [3.63, 3.8) is 0 Å². The Hall–Kier alpha value is -1.29. The highest BCUT2D eigenvalue weighted by Crippen LogP contribution is 2.17. The Bertz CT molecular complexity index is 690. The fourth-order valence-electron chi connectivity index (χ4n) is 2.10. The first kappa shape index (κ1) is 20.8. The van der Waals surface area contributed by atoms with Gasteiger partial charge in [-0.1, -0.05) is 13.0 Å². The molecule has 0 aliphatic rings. The van der Waals surface area contributed by atoms with Crippen molar-refractivity contribution in [2.45, 2.75) is 32.9 Å². The van der Waals surface area contributed by atoms with Crippen LogP contribution in [0.5, 0.6) is 0 Å². The van der Waals surface area contributed by atoms with E-state index in [1.165, 1.54) is 12.1 Å². The summed E-state index contributed by atoms with van der Waals surface area (Å²) in [6.45, 7) is 4.39. The predicted octanol–water partition coefficient (Wildman–Crippen LogP) is 4.03. The number of aryl methyl sites for hydroxylation is 1. The third kappa shape index (κ3) is 5.66. The molecule has 132 valence electrons. The fourth-order valence-corrected chi connectivity index (χ4v) is 2.84. The van der Waals surface area contributed by atoms with Gasteiger partial charge < -0.3 is 10.6 Å². The molecule has 8 heteroatoms. The molecule has 0 saturated heterocycles. The number of aromatic nitrogens is 1. The first-order chi connectivity index (χ1) is 11.0. The van der Waals surface area contributed by atoms with E-state index >= 15 is 0 Å². The van der Waals surface area contributed by atoms with Gasteiger partial charge in [0, 0.05) is 24.1 Å². The number of benzene rings is 1. The van der Waals surface area contributed by atoms with Gasteiger partial charge in [-0.25, -0.2) is 13.8 Å². The van der Waals surface area contributed by atoms with Crippen LogP contribution in [0.15, 0.2) is 28.6 Å². The molecule has 4 nitrogen and oxygen atoms in total. The van der Waals surface area contributed by atoms with Crippen LogP contribution >= 0.6 is 35.3 Å². The lowest BCUT2D eigenvalue weighted by molar-refractivity contribution is 0.550. The van der Waals surface area contributed by atoms with Crippen LogP contribution in [-0.4, -0.2) is 18.0 Å². The molecule has 1 aromatic heterocycles. The quantitative estimate of drug-likeness (QED) is 0.398. The van der Waals surface area contributed by atoms with Crippen LogP contribution in [0.4, 0.5) is 8.78 Å². The van der Waals surface area contributed by atoms with Crippen LogP contribution in [0, 0.1) is 11.6 Å². The van der Waals surface area contributed by atoms with Gasteiger partial charge >= 0.3 is 0 Å². The minimum absolute atomic E-state index is 0. The molecule has 2 N–H and O–H groups in total. The third-order valence-electron chi connectivity index (χ3n) is 3.34. The van der Waals surface area contributed by atoms with E-state index in [1.54, 1.807) is 25.3 Å². The monoisotopic (exact) mass is 466 g/mol. The van der Waals surface area contributed by atoms with Gasteiger partial charge in [0.1, 0.15) is 11.6 Å². The van der Waals surface area contributed by atoms with Crippen molar-refractivity contribution < 1.29 is 8.78 Å². The molecule has 0 spiro atoms. The molecule has 2 aromatic rings. The lowest BCUT2D eigenvalue weighted by Crippen LogP contribution is -2.38. The highest BCUT2D eigenvalue weighted by molar-refractivity contribution is 14.0. The molecule has 24 heavy (non-hydrogen) atoms. The Labute approximate surface area is 161 Å². The van der Waals surface area contributed by atoms with Gasteiger partial charge in [0.2, 0.25) is 0 Å². The smallest absolute Gasteiger partial charge is 0.191 e. The molecule has 0 saturated carbocycles. The third-order valence-corrected chi connectivity index (χ3v) is 4.39. The Morgan fingerprint density at radius 3 is 2.71 bits per heavy atom. The van der Waals surface area contributed by atoms with Gasteiger partial charge in [-0.05, 0) is 19.4 Å². The van der Waals surface area contributed by atoms with Gasteiger partial charge in [-0.15, -0.1) is 35.3 Å². The van der Waals surface area contributed by atoms with Gasteiger partial charge in [-0.2, -0.15) is 0 Å². The van der Waals surface area contributed by atoms with E-state index in [4.69, 9.17) is 0 Å². The number of aliphatic imine (C=N–C) groups is 1. The molecular formula is C16H21F2IN4S. The zero-order chi connectivity index (χ0) is 16.8. The number of nitrogens with zero attached hydrogens (tertiary/aromatic N) is 2. The summed E-state index contributed by atoms with van der Waals surface area (Å²) in [4.78, 5) is 8.58. The topological polar surface area (TPSA) is 49.3 Å². The van der Waals surface area contributed by atoms with E-state index in [0.717, 1.165) is 23.2 Å². The summed E-state index contributed by atoms with van der Waals surface area (Å²) in [5.41, 5.74) is 1.33. The number of hydrogen-bond donors (Lipinski definition) is 2. The van der Waals surface area contributed by atoms with E-state index < -0.39 is 11.6 Å². The second kappa shape index (κ2) is 9.87. The van der Waals surface area contributed by atoms with E-state index in [9.17, 15) is 8.78 Å². The first-order valence-corrected chi connectivity index (χ1v) is 8.26. The summed E-state index contributed by atoms with van der Waals surface area (Å²) in [5, 5.41) is 9.32. The molecule has 2 rings (SSSR count). The summed E-state index contributed by atoms with van der Waals surface area (Å²) < 4.78 is 26.8. The van der Waals surface area contributed by atoms with Gasteiger partial charge in [0.15, 0.2) is 5.96 Å². The van der Waals surface area contributed by atoms with Crippen LogP contribution in [0.1, 0.15) is 36.2 Å². The van der Waals surface area contributed by atoms with Crippen LogP contribution in [0.2, 0.25) is 0 Å². The maximum absolute atomic E-state index is 13.8. The van der Waals surface area contributed by atoms with Crippen molar-refractivity contribution in [2.24, 2.45) is 4.99 Å². The van der Waals surface area contributed by atoms with Crippen LogP contribution in [0.25, 0.3) is 0 Å². The van der Waals surface area contributed by atoms with Crippen molar-refractivity contribution >= 4 is 41.3 Å². The standard InChI is InChI=1S/C16H20F2N4S.HI/c1-4-15-22-12(9-23-15)8-20-16(19-3)21-10(2)13-6-5-11(17)7-14(13)18;/h5-7,9-10H,4,8H2,1-3H3,(H2,19,20,21);1H. The normalized spacial score (nSPS) is 12.5. The maximum atomic E-state index is 13.8. The van der Waals surface area contributed by atoms with Gasteiger partial charge in [0.05, 0.1) is 23.3 Å². The molecule has 0 radical (unpaired) electrons. The first-order valence-electron chi connectivity index (χ1n) is 7.39. The Balaban J connectivity index is 0.00000288. The summed E-state index contributed by atoms with van der Waals surface area (Å²) in [5.74, 6) is -0.629. The molecule has 0 aliphatic heterocycles. The second-order valence-corrected chi connectivity index (χ2v) is 5.99. The molecule has 0 amide bonds. The molecule has 0 bridgehead atoms. The summed E-state index contributed by atoms with van der Waals surface area (Å²) in [6, 6.07) is 3.21. The molecule has 1 unspecified atom stereocenters. The zero-order valence-corrected chi connectivity index (χ0v) is 16.9. The van der Waals surface area contributed by atoms with Gasteiger partial charge in [0.25, 0.3) is 0 Å². The van der Waals surface area contributed by atoms with E-state index in [2.05, 4.69) is 27.5 Å². The Kier molecular flexibility index (Phi) is 8.54. The van der Waals surface area contributed by atoms with E-state index in [0.29, 0.717) is 18.1 Å². The van der Waals surface area contributed by atoms with Crippen molar-refractivity contribution in [3.05, 3.63) is 51.5 Å². The van der Waals surface area contributed by atoms with Crippen LogP contribution in [0.3, 0.4) is 0 Å². The van der Waals surface area contributed by atoms with Crippen LogP contribution in [-0.2, 0) is 13.0 Å². The summed E-state index contributed by atoms with van der Waals surface area (Å²) in [7, 11) is 1.64. The Morgan fingerprint density at radius 2 is 2.12 bits per heavy atom. The van der Waals surface area contributed by atoms with Crippen molar-refractivity contribution in [1.29, 1.82) is 0 Å². The summed E-state index contributed by atoms with van der Waals surface area (Å²) in [6.07, 6.45) is 0.915. The SMILES string of the molecule is CCc1nc(CNC(=NC)NC(C)c2ccc(F)cc2F)cs1.I. The van der Waals surface area contributed by atoms with Crippen molar-refractivity contribution in [3.8, 4) is 0 Å². The largest absolute Gasteiger partial charge is 0.351 e. The van der Waals surface area contributed by atoms with Gasteiger partial charge in [-0.3, -0.25) is 4.99 Å². The highest BCUT2D eigenvalue weighted by atomic mass is 127. The number of guanidine groups is 1. The Morgan fingerprint density at radius 1 is 1.38 bits per heavy atom. The minimum Gasteiger partial charge on any atom is -0.351 e. The maximum Gasteiger partial charge on any atom is 0.191 e. The number of thiazole rings is 1. The molecule has 1 atom stereocenters. The molecule has 1 heterocycles. The minimum atomic E-state index is -0.587. The van der Waals surface area contributed by atoms with Crippen molar-refractivity contribution in [1.82, 2.24) is 15.6 Å². The zero-order valence-electron chi connectivity index (χ0n) is 13.8. The lowest BCUT2D eigenvalue weighted by Gasteiger charge is -2.18. The number of nitrogens with one attached hydrogen (secondary N) is 2. The number of halogens is 3. The van der Waals surface area contributed by atoms with E-state index in [1.807, 2.05) is 5.38 Å². The molecular weight excluding hydrogens is 445 g/mol. The molecule has 0 fully saturated rings. The van der Waals surface area contributed by atoms with Crippen molar-refractivity contribution in [2.75, 3.05) is 7.05 Å². The molecule has 0 aliphatic carbocycles. The lowest BCUT2D eigenvalue weighted by atomic mass is 10.1. The van der Waals surface area contributed by atoms with Crippen LogP contribution < -0.4 is 10.6 Å². The number of hydrogen-bond acceptors (Lipinski definition) is 3. The average Bonchev–Trinajstić information content (AvgIpc) is 2.99. The number of rotatable bonds is 5. The average molecular weight is 466 g/mol. The second-order valence-electron chi connectivity index (χ2n) is 5.04. The highest BCUT2D eigenvalue weighted by Gasteiger charge is 2.13. The fraction of sp³-hybridized carbons (Fsp3) is 0.375. The molecule has 1 aromatic carbocycles. The van der Waals surface area contributed by atoms with E-state index in [-0.39, 0.29) is 30.0 Å². The summed E-state index contributed by atoms with van der Waals surface area (Å²) >= 11 is 1.63. The predicted molar refractivity (Wildman–Crippen MR) is 105 cm³/mol.